The van der Waals surface area contributed by atoms with Crippen LogP contribution >= 0.6 is 0 Å². The van der Waals surface area contributed by atoms with E-state index in [1.54, 1.807) is 42.1 Å². The second kappa shape index (κ2) is 12.2. The number of anilines is 1. The normalized spacial score (nSPS) is 18.1. The quantitative estimate of drug-likeness (QED) is 0.131. The van der Waals surface area contributed by atoms with Crippen LogP contribution in [0.15, 0.2) is 48.5 Å². The topological polar surface area (TPSA) is 112 Å². The molecule has 0 bridgehead atoms. The summed E-state index contributed by atoms with van der Waals surface area (Å²) >= 11 is 0. The molecule has 0 aliphatic heterocycles. The first-order valence-electron chi connectivity index (χ1n) is 16.3. The summed E-state index contributed by atoms with van der Waals surface area (Å²) in [6, 6.07) is 11.3. The Morgan fingerprint density at radius 1 is 1.08 bits per heavy atom. The standard InChI is InChI=1S/C37H31F7N6O2/c1-35(2,52)10-9-22-7-8-24(25-5-4-6-26-31(25)49(3)48-34(26)45)30(46-22)19(11-18-12-20(38)15-21(39)13-18)14-23(51)17-50-33-29(32(47-50)37(42,43)44)27-16-28(27)36(33,40)41/h4-8,12-13,15,19,27-28,52H,11,14,16-17H2,1-3H3,(H2,45,48)/t19-,27+,28-/m1/s1. The lowest BCUT2D eigenvalue weighted by molar-refractivity contribution is -0.142. The molecule has 5 aromatic rings. The molecule has 1 saturated carbocycles. The number of alkyl halides is 5. The highest BCUT2D eigenvalue weighted by Gasteiger charge is 2.68. The van der Waals surface area contributed by atoms with Crippen LogP contribution in [-0.4, -0.2) is 41.0 Å². The second-order valence-electron chi connectivity index (χ2n) is 13.9. The lowest BCUT2D eigenvalue weighted by atomic mass is 9.86. The number of nitrogens with two attached hydrogens (primary N) is 1. The Hall–Kier alpha value is -5.23. The lowest BCUT2D eigenvalue weighted by Gasteiger charge is -2.21. The summed E-state index contributed by atoms with van der Waals surface area (Å²) in [5.74, 6) is -3.77. The third-order valence-electron chi connectivity index (χ3n) is 9.40. The van der Waals surface area contributed by atoms with Gasteiger partial charge < -0.3 is 10.8 Å². The maximum Gasteiger partial charge on any atom is 0.435 e. The fraction of sp³-hybridized carbons (Fsp3) is 0.351. The number of nitrogen functional groups attached to an aromatic ring is 1. The third-order valence-corrected chi connectivity index (χ3v) is 9.40. The second-order valence-corrected chi connectivity index (χ2v) is 13.9. The van der Waals surface area contributed by atoms with Gasteiger partial charge in [-0.2, -0.15) is 32.1 Å². The molecule has 0 amide bonds. The molecule has 8 nitrogen and oxygen atoms in total. The minimum atomic E-state index is -5.02. The van der Waals surface area contributed by atoms with Gasteiger partial charge in [-0.25, -0.2) is 13.8 Å². The van der Waals surface area contributed by atoms with Crippen molar-refractivity contribution in [3.05, 3.63) is 94.1 Å². The van der Waals surface area contributed by atoms with Gasteiger partial charge in [0.15, 0.2) is 17.3 Å². The van der Waals surface area contributed by atoms with Crippen molar-refractivity contribution in [3.63, 3.8) is 0 Å². The number of para-hydroxylation sites is 1. The van der Waals surface area contributed by atoms with Crippen LogP contribution in [0.2, 0.25) is 0 Å². The molecule has 0 spiro atoms. The van der Waals surface area contributed by atoms with Crippen molar-refractivity contribution >= 4 is 22.5 Å². The molecule has 0 radical (unpaired) electrons. The van der Waals surface area contributed by atoms with Crippen LogP contribution in [0.1, 0.15) is 72.4 Å². The van der Waals surface area contributed by atoms with E-state index in [0.29, 0.717) is 32.8 Å². The number of aliphatic hydroxyl groups is 1. The fourth-order valence-corrected chi connectivity index (χ4v) is 7.26. The van der Waals surface area contributed by atoms with E-state index in [4.69, 9.17) is 10.7 Å². The van der Waals surface area contributed by atoms with E-state index in [9.17, 15) is 31.9 Å². The summed E-state index contributed by atoms with van der Waals surface area (Å²) in [5, 5.41) is 18.7. The van der Waals surface area contributed by atoms with E-state index < -0.39 is 82.8 Å². The molecule has 52 heavy (non-hydrogen) atoms. The molecule has 2 aliphatic rings. The van der Waals surface area contributed by atoms with Gasteiger partial charge in [-0.1, -0.05) is 18.1 Å². The highest BCUT2D eigenvalue weighted by atomic mass is 19.4. The number of rotatable bonds is 8. The molecule has 15 heteroatoms. The number of fused-ring (bicyclic) bond motifs is 4. The Bertz CT molecular complexity index is 2310. The first kappa shape index (κ1) is 35.2. The van der Waals surface area contributed by atoms with Gasteiger partial charge in [-0.15, -0.1) is 0 Å². The average Bonchev–Trinajstić information content (AvgIpc) is 3.59. The van der Waals surface area contributed by atoms with Crippen LogP contribution in [0.4, 0.5) is 36.6 Å². The molecule has 2 aromatic carbocycles. The Morgan fingerprint density at radius 2 is 1.79 bits per heavy atom. The van der Waals surface area contributed by atoms with Crippen LogP contribution in [-0.2, 0) is 36.9 Å². The third kappa shape index (κ3) is 6.40. The first-order chi connectivity index (χ1) is 24.3. The smallest absolute Gasteiger partial charge is 0.382 e. The number of Topliss-reactive ketones (excluding diaryl/α,β-unsaturated/α-hetero) is 1. The van der Waals surface area contributed by atoms with Crippen LogP contribution in [0.25, 0.3) is 22.0 Å². The van der Waals surface area contributed by atoms with Gasteiger partial charge >= 0.3 is 6.18 Å². The average molecular weight is 725 g/mol. The fourth-order valence-electron chi connectivity index (χ4n) is 7.26. The zero-order chi connectivity index (χ0) is 37.5. The molecular weight excluding hydrogens is 693 g/mol. The number of hydrogen-bond donors (Lipinski definition) is 2. The van der Waals surface area contributed by atoms with E-state index in [1.807, 2.05) is 0 Å². The number of carbonyl (C=O) groups is 1. The van der Waals surface area contributed by atoms with E-state index in [0.717, 1.165) is 12.1 Å². The van der Waals surface area contributed by atoms with Crippen LogP contribution in [0, 0.1) is 29.4 Å². The number of halogens is 7. The number of benzene rings is 2. The van der Waals surface area contributed by atoms with E-state index in [2.05, 4.69) is 22.0 Å². The van der Waals surface area contributed by atoms with Gasteiger partial charge in [0.1, 0.15) is 35.2 Å². The molecule has 1 fully saturated rings. The van der Waals surface area contributed by atoms with Gasteiger partial charge in [-0.05, 0) is 74.4 Å². The van der Waals surface area contributed by atoms with Gasteiger partial charge in [0.25, 0.3) is 5.92 Å². The molecule has 3 N–H and O–H groups in total. The van der Waals surface area contributed by atoms with E-state index in [1.165, 1.54) is 13.8 Å². The number of aryl methyl sites for hydroxylation is 1. The minimum Gasteiger partial charge on any atom is -0.382 e. The Morgan fingerprint density at radius 3 is 2.46 bits per heavy atom. The number of ketones is 1. The molecule has 0 unspecified atom stereocenters. The Labute approximate surface area is 292 Å². The minimum absolute atomic E-state index is 0.106. The van der Waals surface area contributed by atoms with Crippen molar-refractivity contribution in [2.45, 2.75) is 69.2 Å². The zero-order valence-electron chi connectivity index (χ0n) is 28.0. The van der Waals surface area contributed by atoms with Crippen molar-refractivity contribution in [2.24, 2.45) is 13.0 Å². The highest BCUT2D eigenvalue weighted by molar-refractivity contribution is 6.00. The maximum atomic E-state index is 15.3. The number of carbonyl (C=O) groups excluding carboxylic acids is 1. The largest absolute Gasteiger partial charge is 0.435 e. The summed E-state index contributed by atoms with van der Waals surface area (Å²) < 4.78 is 103. The predicted octanol–water partition coefficient (Wildman–Crippen LogP) is 7.03. The zero-order valence-corrected chi connectivity index (χ0v) is 28.0. The highest BCUT2D eigenvalue weighted by Crippen LogP contribution is 2.68. The summed E-state index contributed by atoms with van der Waals surface area (Å²) in [7, 11) is 1.67. The summed E-state index contributed by atoms with van der Waals surface area (Å²) in [5.41, 5.74) is 3.93. The number of pyridine rings is 1. The van der Waals surface area contributed by atoms with Crippen molar-refractivity contribution in [1.82, 2.24) is 24.5 Å². The lowest BCUT2D eigenvalue weighted by Crippen LogP contribution is -2.24. The van der Waals surface area contributed by atoms with Crippen LogP contribution < -0.4 is 5.73 Å². The van der Waals surface area contributed by atoms with Gasteiger partial charge in [0, 0.05) is 53.4 Å². The van der Waals surface area contributed by atoms with Gasteiger partial charge in [-0.3, -0.25) is 14.2 Å². The van der Waals surface area contributed by atoms with Crippen molar-refractivity contribution < 1.29 is 40.6 Å². The van der Waals surface area contributed by atoms with E-state index >= 15 is 8.78 Å². The summed E-state index contributed by atoms with van der Waals surface area (Å²) in [4.78, 5) is 18.6. The predicted molar refractivity (Wildman–Crippen MR) is 176 cm³/mol. The molecule has 3 atom stereocenters. The summed E-state index contributed by atoms with van der Waals surface area (Å²) in [6.45, 7) is 2.01. The van der Waals surface area contributed by atoms with E-state index in [-0.39, 0.29) is 35.6 Å². The van der Waals surface area contributed by atoms with Crippen LogP contribution in [0.3, 0.4) is 0 Å². The molecular formula is C37H31F7N6O2. The summed E-state index contributed by atoms with van der Waals surface area (Å²) in [6.07, 6.45) is -5.82. The number of hydrogen-bond acceptors (Lipinski definition) is 6. The molecule has 0 saturated heterocycles. The number of nitrogens with zero attached hydrogens (tertiary/aromatic N) is 5. The number of aromatic nitrogens is 5. The molecule has 2 aliphatic carbocycles. The van der Waals surface area contributed by atoms with Gasteiger partial charge in [0.05, 0.1) is 11.2 Å². The van der Waals surface area contributed by atoms with Crippen molar-refractivity contribution in [3.8, 4) is 23.0 Å². The molecule has 270 valence electrons. The maximum absolute atomic E-state index is 15.3. The van der Waals surface area contributed by atoms with Crippen molar-refractivity contribution in [1.29, 1.82) is 0 Å². The SMILES string of the molecule is Cn1nc(N)c2cccc(-c3ccc(C#CC(C)(C)O)nc3[C@@H](CC(=O)Cn3nc(C(F)(F)F)c4c3C(F)(F)[C@@H]3C[C@H]43)Cc3cc(F)cc(F)c3)c21. The Kier molecular flexibility index (Phi) is 8.24. The van der Waals surface area contributed by atoms with Crippen molar-refractivity contribution in [2.75, 3.05) is 5.73 Å². The molecule has 3 aromatic heterocycles. The Balaban J connectivity index is 1.36. The molecule has 3 heterocycles. The monoisotopic (exact) mass is 724 g/mol. The van der Waals surface area contributed by atoms with Crippen LogP contribution in [0.5, 0.6) is 0 Å². The molecule has 7 rings (SSSR count). The van der Waals surface area contributed by atoms with Gasteiger partial charge in [0.2, 0.25) is 0 Å². The first-order valence-corrected chi connectivity index (χ1v) is 16.3.